The predicted molar refractivity (Wildman–Crippen MR) is 45.7 cm³/mol. The summed E-state index contributed by atoms with van der Waals surface area (Å²) in [6, 6.07) is 0. The maximum absolute atomic E-state index is 9.42. The molecule has 0 aliphatic heterocycles. The summed E-state index contributed by atoms with van der Waals surface area (Å²) in [5, 5.41) is 27.3. The molecular weight excluding hydrogens is 156 g/mol. The van der Waals surface area contributed by atoms with Crippen LogP contribution in [0, 0.1) is 5.41 Å². The van der Waals surface area contributed by atoms with Crippen molar-refractivity contribution in [3.05, 3.63) is 23.5 Å². The van der Waals surface area contributed by atoms with E-state index in [9.17, 15) is 5.11 Å². The Morgan fingerprint density at radius 3 is 2.58 bits per heavy atom. The Balaban J connectivity index is 2.86. The summed E-state index contributed by atoms with van der Waals surface area (Å²) in [7, 11) is 0. The molecule has 0 aromatic carbocycles. The SMILES string of the molecule is CC1(CO)CC(CO)=CC=C1O. The summed E-state index contributed by atoms with van der Waals surface area (Å²) in [6.07, 6.45) is 3.74. The summed E-state index contributed by atoms with van der Waals surface area (Å²) in [6.45, 7) is 1.65. The van der Waals surface area contributed by atoms with Crippen LogP contribution < -0.4 is 0 Å². The van der Waals surface area contributed by atoms with Gasteiger partial charge in [0.1, 0.15) is 5.76 Å². The first-order valence-electron chi connectivity index (χ1n) is 3.93. The zero-order valence-corrected chi connectivity index (χ0v) is 7.12. The normalized spacial score (nSPS) is 29.6. The van der Waals surface area contributed by atoms with E-state index in [0.29, 0.717) is 6.42 Å². The highest BCUT2D eigenvalue weighted by Crippen LogP contribution is 2.35. The zero-order chi connectivity index (χ0) is 9.19. The molecule has 1 rings (SSSR count). The summed E-state index contributed by atoms with van der Waals surface area (Å²) in [5.74, 6) is 0.183. The third-order valence-electron chi connectivity index (χ3n) is 2.26. The quantitative estimate of drug-likeness (QED) is 0.573. The highest BCUT2D eigenvalue weighted by molar-refractivity contribution is 5.26. The van der Waals surface area contributed by atoms with Crippen molar-refractivity contribution in [3.63, 3.8) is 0 Å². The number of aliphatic hydroxyl groups excluding tert-OH is 3. The molecule has 68 valence electrons. The summed E-state index contributed by atoms with van der Waals surface area (Å²) in [5.41, 5.74) is 0.233. The van der Waals surface area contributed by atoms with Crippen molar-refractivity contribution in [1.29, 1.82) is 0 Å². The van der Waals surface area contributed by atoms with Gasteiger partial charge in [0.05, 0.1) is 18.6 Å². The van der Waals surface area contributed by atoms with Crippen LogP contribution in [-0.2, 0) is 0 Å². The molecule has 0 saturated carbocycles. The van der Waals surface area contributed by atoms with E-state index in [-0.39, 0.29) is 19.0 Å². The molecular formula is C9H14O3. The Morgan fingerprint density at radius 1 is 1.42 bits per heavy atom. The van der Waals surface area contributed by atoms with Crippen LogP contribution in [0.4, 0.5) is 0 Å². The lowest BCUT2D eigenvalue weighted by atomic mass is 9.79. The van der Waals surface area contributed by atoms with E-state index in [0.717, 1.165) is 5.57 Å². The van der Waals surface area contributed by atoms with Crippen LogP contribution in [0.15, 0.2) is 23.5 Å². The van der Waals surface area contributed by atoms with E-state index in [4.69, 9.17) is 10.2 Å². The van der Waals surface area contributed by atoms with Crippen LogP contribution in [-0.4, -0.2) is 28.5 Å². The fraction of sp³-hybridized carbons (Fsp3) is 0.556. The van der Waals surface area contributed by atoms with Gasteiger partial charge in [0.15, 0.2) is 0 Å². The summed E-state index contributed by atoms with van der Waals surface area (Å²) in [4.78, 5) is 0. The molecule has 0 amide bonds. The molecule has 0 fully saturated rings. The monoisotopic (exact) mass is 170 g/mol. The van der Waals surface area contributed by atoms with Gasteiger partial charge in [0, 0.05) is 0 Å². The Morgan fingerprint density at radius 2 is 2.08 bits per heavy atom. The second kappa shape index (κ2) is 3.29. The minimum atomic E-state index is -0.604. The van der Waals surface area contributed by atoms with Crippen LogP contribution in [0.5, 0.6) is 0 Å². The van der Waals surface area contributed by atoms with Gasteiger partial charge in [0.2, 0.25) is 0 Å². The van der Waals surface area contributed by atoms with Crippen LogP contribution >= 0.6 is 0 Å². The van der Waals surface area contributed by atoms with Crippen LogP contribution in [0.2, 0.25) is 0 Å². The van der Waals surface area contributed by atoms with Crippen LogP contribution in [0.25, 0.3) is 0 Å². The largest absolute Gasteiger partial charge is 0.512 e. The smallest absolute Gasteiger partial charge is 0.101 e. The van der Waals surface area contributed by atoms with Gasteiger partial charge >= 0.3 is 0 Å². The van der Waals surface area contributed by atoms with E-state index in [1.165, 1.54) is 6.08 Å². The highest BCUT2D eigenvalue weighted by atomic mass is 16.3. The molecule has 0 aromatic heterocycles. The lowest BCUT2D eigenvalue weighted by molar-refractivity contribution is 0.120. The maximum atomic E-state index is 9.42. The van der Waals surface area contributed by atoms with Crippen molar-refractivity contribution in [2.45, 2.75) is 13.3 Å². The molecule has 1 atom stereocenters. The molecule has 0 saturated heterocycles. The van der Waals surface area contributed by atoms with Gasteiger partial charge in [-0.15, -0.1) is 0 Å². The van der Waals surface area contributed by atoms with Crippen molar-refractivity contribution in [3.8, 4) is 0 Å². The van der Waals surface area contributed by atoms with E-state index in [1.807, 2.05) is 0 Å². The van der Waals surface area contributed by atoms with Crippen LogP contribution in [0.1, 0.15) is 13.3 Å². The van der Waals surface area contributed by atoms with E-state index >= 15 is 0 Å². The first kappa shape index (κ1) is 9.29. The molecule has 1 aliphatic carbocycles. The molecule has 12 heavy (non-hydrogen) atoms. The number of rotatable bonds is 2. The third kappa shape index (κ3) is 1.52. The fourth-order valence-electron chi connectivity index (χ4n) is 1.29. The Hall–Kier alpha value is -0.800. The fourth-order valence-corrected chi connectivity index (χ4v) is 1.29. The van der Waals surface area contributed by atoms with E-state index in [2.05, 4.69) is 0 Å². The maximum Gasteiger partial charge on any atom is 0.101 e. The molecule has 3 N–H and O–H groups in total. The van der Waals surface area contributed by atoms with Crippen molar-refractivity contribution in [2.75, 3.05) is 13.2 Å². The Labute approximate surface area is 71.7 Å². The van der Waals surface area contributed by atoms with Gasteiger partial charge in [-0.05, 0) is 25.0 Å². The molecule has 0 radical (unpaired) electrons. The minimum Gasteiger partial charge on any atom is -0.512 e. The van der Waals surface area contributed by atoms with E-state index in [1.54, 1.807) is 13.0 Å². The second-order valence-electron chi connectivity index (χ2n) is 3.43. The molecule has 1 unspecified atom stereocenters. The molecule has 0 bridgehead atoms. The standard InChI is InChI=1S/C9H14O3/c1-9(6-11)4-7(5-10)2-3-8(9)12/h2-3,10-12H,4-6H2,1H3. The van der Waals surface area contributed by atoms with Gasteiger partial charge in [-0.2, -0.15) is 0 Å². The van der Waals surface area contributed by atoms with Gasteiger partial charge in [-0.1, -0.05) is 6.08 Å². The number of allylic oxidation sites excluding steroid dienone is 2. The minimum absolute atomic E-state index is 0.0145. The van der Waals surface area contributed by atoms with Crippen molar-refractivity contribution in [1.82, 2.24) is 0 Å². The molecule has 0 heterocycles. The van der Waals surface area contributed by atoms with Gasteiger partial charge in [0.25, 0.3) is 0 Å². The van der Waals surface area contributed by atoms with Gasteiger partial charge in [-0.25, -0.2) is 0 Å². The Bertz CT molecular complexity index is 230. The second-order valence-corrected chi connectivity index (χ2v) is 3.43. The number of hydrogen-bond donors (Lipinski definition) is 3. The topological polar surface area (TPSA) is 60.7 Å². The molecule has 3 nitrogen and oxygen atoms in total. The van der Waals surface area contributed by atoms with Gasteiger partial charge in [-0.3, -0.25) is 0 Å². The molecule has 0 aromatic rings. The first-order valence-corrected chi connectivity index (χ1v) is 3.93. The zero-order valence-electron chi connectivity index (χ0n) is 7.12. The summed E-state index contributed by atoms with van der Waals surface area (Å²) >= 11 is 0. The van der Waals surface area contributed by atoms with E-state index < -0.39 is 5.41 Å². The third-order valence-corrected chi connectivity index (χ3v) is 2.26. The van der Waals surface area contributed by atoms with Crippen molar-refractivity contribution in [2.24, 2.45) is 5.41 Å². The first-order chi connectivity index (χ1) is 5.62. The molecule has 0 spiro atoms. The average Bonchev–Trinajstić information content (AvgIpc) is 2.10. The van der Waals surface area contributed by atoms with Gasteiger partial charge < -0.3 is 15.3 Å². The van der Waals surface area contributed by atoms with Crippen LogP contribution in [0.3, 0.4) is 0 Å². The van der Waals surface area contributed by atoms with Crippen molar-refractivity contribution >= 4 is 0 Å². The lowest BCUT2D eigenvalue weighted by Gasteiger charge is -2.29. The predicted octanol–water partition coefficient (Wildman–Crippen LogP) is 0.749. The van der Waals surface area contributed by atoms with Crippen molar-refractivity contribution < 1.29 is 15.3 Å². The lowest BCUT2D eigenvalue weighted by Crippen LogP contribution is -2.27. The molecule has 1 aliphatic rings. The summed E-state index contributed by atoms with van der Waals surface area (Å²) < 4.78 is 0. The number of hydrogen-bond acceptors (Lipinski definition) is 3. The average molecular weight is 170 g/mol. The highest BCUT2D eigenvalue weighted by Gasteiger charge is 2.31. The molecule has 3 heteroatoms. The number of aliphatic hydroxyl groups is 3. The Kier molecular flexibility index (Phi) is 2.55.